The Labute approximate surface area is 185 Å². The molecular weight excluding hydrogens is 382 g/mol. The van der Waals surface area contributed by atoms with Crippen molar-refractivity contribution in [1.82, 2.24) is 4.98 Å². The molecule has 5 rings (SSSR count). The number of aromatic nitrogens is 1. The normalized spacial score (nSPS) is 18.5. The van der Waals surface area contributed by atoms with Crippen molar-refractivity contribution in [2.45, 2.75) is 37.5 Å². The van der Waals surface area contributed by atoms with E-state index >= 15 is 0 Å². The average Bonchev–Trinajstić information content (AvgIpc) is 3.26. The molecule has 1 saturated heterocycles. The van der Waals surface area contributed by atoms with E-state index in [1.165, 1.54) is 34.5 Å². The number of hydrogen-bond acceptors (Lipinski definition) is 4. The highest BCUT2D eigenvalue weighted by atomic mass is 16.5. The number of ether oxygens (including phenoxy) is 1. The molecule has 1 fully saturated rings. The fraction of sp³-hybridized carbons (Fsp3) is 0.370. The van der Waals surface area contributed by atoms with Crippen molar-refractivity contribution >= 4 is 17.1 Å². The highest BCUT2D eigenvalue weighted by molar-refractivity contribution is 5.65. The molecule has 1 aliphatic carbocycles. The van der Waals surface area contributed by atoms with Crippen molar-refractivity contribution in [2.24, 2.45) is 0 Å². The molecule has 1 aliphatic heterocycles. The predicted molar refractivity (Wildman–Crippen MR) is 128 cm³/mol. The lowest BCUT2D eigenvalue weighted by Crippen LogP contribution is -2.14. The van der Waals surface area contributed by atoms with Gasteiger partial charge < -0.3 is 15.0 Å². The first-order valence-electron chi connectivity index (χ1n) is 11.5. The van der Waals surface area contributed by atoms with Gasteiger partial charge in [-0.2, -0.15) is 0 Å². The maximum Gasteiger partial charge on any atom is 0.0526 e. The Bertz CT molecular complexity index is 997. The van der Waals surface area contributed by atoms with Gasteiger partial charge in [-0.05, 0) is 84.7 Å². The van der Waals surface area contributed by atoms with Gasteiger partial charge in [0.1, 0.15) is 0 Å². The van der Waals surface area contributed by atoms with Crippen molar-refractivity contribution in [3.8, 4) is 0 Å². The van der Waals surface area contributed by atoms with Gasteiger partial charge in [0, 0.05) is 56.5 Å². The zero-order valence-electron chi connectivity index (χ0n) is 18.3. The van der Waals surface area contributed by atoms with Crippen LogP contribution in [-0.4, -0.2) is 31.8 Å². The largest absolute Gasteiger partial charge is 0.383 e. The molecular formula is C27H31N3O. The maximum atomic E-state index is 5.51. The average molecular weight is 414 g/mol. The quantitative estimate of drug-likeness (QED) is 0.547. The minimum absolute atomic E-state index is 0.563. The van der Waals surface area contributed by atoms with Crippen LogP contribution in [0.4, 0.5) is 17.1 Å². The third-order valence-corrected chi connectivity index (χ3v) is 6.90. The van der Waals surface area contributed by atoms with E-state index in [-0.39, 0.29) is 0 Å². The molecule has 31 heavy (non-hydrogen) atoms. The van der Waals surface area contributed by atoms with Gasteiger partial charge in [-0.3, -0.25) is 4.98 Å². The standard InChI is InChI=1S/C27H31N3O/c1-30(25-8-6-20(7-9-25)21-12-15-31-16-13-21)26-10-11-27-22(17-26)4-5-23(27)18-29-24-3-2-14-28-19-24/h2-3,6-11,14,17,19,21,23,29H,4-5,12-13,15-16,18H2,1H3/t23-/m0/s1. The summed E-state index contributed by atoms with van der Waals surface area (Å²) >= 11 is 0. The third-order valence-electron chi connectivity index (χ3n) is 6.90. The Morgan fingerprint density at radius 2 is 1.81 bits per heavy atom. The van der Waals surface area contributed by atoms with Gasteiger partial charge in [0.15, 0.2) is 0 Å². The van der Waals surface area contributed by atoms with Gasteiger partial charge >= 0.3 is 0 Å². The van der Waals surface area contributed by atoms with E-state index in [0.717, 1.165) is 44.7 Å². The molecule has 4 heteroatoms. The van der Waals surface area contributed by atoms with Crippen molar-refractivity contribution in [3.63, 3.8) is 0 Å². The van der Waals surface area contributed by atoms with Crippen LogP contribution in [0.1, 0.15) is 47.8 Å². The summed E-state index contributed by atoms with van der Waals surface area (Å²) in [6, 6.07) is 20.2. The topological polar surface area (TPSA) is 37.4 Å². The molecule has 0 saturated carbocycles. The molecule has 0 bridgehead atoms. The van der Waals surface area contributed by atoms with E-state index in [0.29, 0.717) is 11.8 Å². The van der Waals surface area contributed by atoms with E-state index < -0.39 is 0 Å². The molecule has 160 valence electrons. The van der Waals surface area contributed by atoms with Crippen LogP contribution in [0.15, 0.2) is 67.0 Å². The second kappa shape index (κ2) is 9.11. The second-order valence-corrected chi connectivity index (χ2v) is 8.78. The zero-order chi connectivity index (χ0) is 21.0. The van der Waals surface area contributed by atoms with Gasteiger partial charge in [-0.25, -0.2) is 0 Å². The Morgan fingerprint density at radius 1 is 1.00 bits per heavy atom. The monoisotopic (exact) mass is 413 g/mol. The summed E-state index contributed by atoms with van der Waals surface area (Å²) in [5, 5.41) is 3.54. The number of rotatable bonds is 6. The summed E-state index contributed by atoms with van der Waals surface area (Å²) in [6.45, 7) is 2.74. The summed E-state index contributed by atoms with van der Waals surface area (Å²) in [4.78, 5) is 6.49. The van der Waals surface area contributed by atoms with Crippen LogP contribution in [0.5, 0.6) is 0 Å². The van der Waals surface area contributed by atoms with E-state index in [1.54, 1.807) is 0 Å². The van der Waals surface area contributed by atoms with E-state index in [1.807, 2.05) is 18.5 Å². The summed E-state index contributed by atoms with van der Waals surface area (Å²) < 4.78 is 5.51. The molecule has 0 amide bonds. The SMILES string of the molecule is CN(c1ccc(C2CCOCC2)cc1)c1ccc2c(c1)CC[C@H]2CNc1cccnc1. The molecule has 4 nitrogen and oxygen atoms in total. The molecule has 2 aliphatic rings. The lowest BCUT2D eigenvalue weighted by Gasteiger charge is -2.24. The molecule has 1 atom stereocenters. The Morgan fingerprint density at radius 3 is 2.58 bits per heavy atom. The van der Waals surface area contributed by atoms with Crippen molar-refractivity contribution in [3.05, 3.63) is 83.7 Å². The second-order valence-electron chi connectivity index (χ2n) is 8.78. The molecule has 2 aromatic carbocycles. The van der Waals surface area contributed by atoms with E-state index in [4.69, 9.17) is 4.74 Å². The first kappa shape index (κ1) is 20.1. The third kappa shape index (κ3) is 4.45. The minimum Gasteiger partial charge on any atom is -0.383 e. The zero-order valence-corrected chi connectivity index (χ0v) is 18.3. The number of hydrogen-bond donors (Lipinski definition) is 1. The number of nitrogens with zero attached hydrogens (tertiary/aromatic N) is 2. The van der Waals surface area contributed by atoms with Crippen molar-refractivity contribution in [2.75, 3.05) is 37.0 Å². The van der Waals surface area contributed by atoms with Crippen LogP contribution < -0.4 is 10.2 Å². The molecule has 3 aromatic rings. The first-order chi connectivity index (χ1) is 15.3. The number of nitrogens with one attached hydrogen (secondary N) is 1. The highest BCUT2D eigenvalue weighted by Gasteiger charge is 2.23. The van der Waals surface area contributed by atoms with Crippen LogP contribution in [-0.2, 0) is 11.2 Å². The lowest BCUT2D eigenvalue weighted by atomic mass is 9.91. The molecule has 2 heterocycles. The van der Waals surface area contributed by atoms with Crippen LogP contribution in [0.25, 0.3) is 0 Å². The minimum atomic E-state index is 0.563. The summed E-state index contributed by atoms with van der Waals surface area (Å²) in [7, 11) is 2.17. The summed E-state index contributed by atoms with van der Waals surface area (Å²) in [5.41, 5.74) is 8.02. The molecule has 1 N–H and O–H groups in total. The van der Waals surface area contributed by atoms with Crippen LogP contribution in [0.3, 0.4) is 0 Å². The number of anilines is 3. The number of aryl methyl sites for hydroxylation is 1. The number of pyridine rings is 1. The highest BCUT2D eigenvalue weighted by Crippen LogP contribution is 2.37. The van der Waals surface area contributed by atoms with Gasteiger partial charge in [0.2, 0.25) is 0 Å². The van der Waals surface area contributed by atoms with Crippen molar-refractivity contribution in [1.29, 1.82) is 0 Å². The molecule has 1 aromatic heterocycles. The Kier molecular flexibility index (Phi) is 5.90. The number of fused-ring (bicyclic) bond motifs is 1. The number of benzene rings is 2. The lowest BCUT2D eigenvalue weighted by molar-refractivity contribution is 0.0853. The molecule has 0 unspecified atom stereocenters. The molecule has 0 radical (unpaired) electrons. The van der Waals surface area contributed by atoms with Crippen LogP contribution in [0.2, 0.25) is 0 Å². The van der Waals surface area contributed by atoms with Crippen molar-refractivity contribution < 1.29 is 4.74 Å². The van der Waals surface area contributed by atoms with E-state index in [9.17, 15) is 0 Å². The maximum absolute atomic E-state index is 5.51. The van der Waals surface area contributed by atoms with Gasteiger partial charge in [-0.15, -0.1) is 0 Å². The smallest absolute Gasteiger partial charge is 0.0526 e. The predicted octanol–water partition coefficient (Wildman–Crippen LogP) is 5.89. The van der Waals surface area contributed by atoms with Gasteiger partial charge in [-0.1, -0.05) is 18.2 Å². The van der Waals surface area contributed by atoms with Gasteiger partial charge in [0.05, 0.1) is 5.69 Å². The summed E-state index contributed by atoms with van der Waals surface area (Å²) in [5.74, 6) is 1.21. The summed E-state index contributed by atoms with van der Waals surface area (Å²) in [6.07, 6.45) is 8.33. The van der Waals surface area contributed by atoms with Crippen LogP contribution in [0, 0.1) is 0 Å². The Hall–Kier alpha value is -2.85. The van der Waals surface area contributed by atoms with E-state index in [2.05, 4.69) is 70.8 Å². The fourth-order valence-corrected chi connectivity index (χ4v) is 4.97. The van der Waals surface area contributed by atoms with Gasteiger partial charge in [0.25, 0.3) is 0 Å². The van der Waals surface area contributed by atoms with Crippen LogP contribution >= 0.6 is 0 Å². The fourth-order valence-electron chi connectivity index (χ4n) is 4.97. The molecule has 0 spiro atoms. The first-order valence-corrected chi connectivity index (χ1v) is 11.5. The Balaban J connectivity index is 1.26.